The highest BCUT2D eigenvalue weighted by molar-refractivity contribution is 6.51. The lowest BCUT2D eigenvalue weighted by atomic mass is 9.93. The number of aromatic nitrogens is 1. The minimum absolute atomic E-state index is 0.0548. The Bertz CT molecular complexity index is 1290. The van der Waals surface area contributed by atoms with E-state index in [1.54, 1.807) is 36.7 Å². The van der Waals surface area contributed by atoms with E-state index < -0.39 is 17.7 Å². The number of aryl methyl sites for hydroxylation is 2. The predicted molar refractivity (Wildman–Crippen MR) is 137 cm³/mol. The molecule has 1 amide bonds. The van der Waals surface area contributed by atoms with E-state index in [1.807, 2.05) is 58.9 Å². The van der Waals surface area contributed by atoms with Crippen molar-refractivity contribution in [3.8, 4) is 5.75 Å². The summed E-state index contributed by atoms with van der Waals surface area (Å²) in [7, 11) is 0. The van der Waals surface area contributed by atoms with Crippen LogP contribution in [0.25, 0.3) is 5.76 Å². The fraction of sp³-hybridized carbons (Fsp3) is 0.276. The summed E-state index contributed by atoms with van der Waals surface area (Å²) in [5.74, 6) is -0.725. The molecule has 0 radical (unpaired) electrons. The van der Waals surface area contributed by atoms with Crippen LogP contribution in [0.2, 0.25) is 0 Å². The smallest absolute Gasteiger partial charge is 0.300 e. The van der Waals surface area contributed by atoms with Crippen molar-refractivity contribution in [1.82, 2.24) is 4.98 Å². The number of hydrogen-bond acceptors (Lipinski definition) is 5. The summed E-state index contributed by atoms with van der Waals surface area (Å²) < 4.78 is 5.75. The maximum atomic E-state index is 13.4. The first-order valence-corrected chi connectivity index (χ1v) is 11.8. The Kier molecular flexibility index (Phi) is 6.74. The number of carbonyl (C=O) groups excluding carboxylic acids is 2. The summed E-state index contributed by atoms with van der Waals surface area (Å²) in [5, 5.41) is 11.5. The topological polar surface area (TPSA) is 79.7 Å². The second kappa shape index (κ2) is 9.74. The molecule has 0 saturated carbocycles. The van der Waals surface area contributed by atoms with Gasteiger partial charge in [-0.05, 0) is 91.4 Å². The van der Waals surface area contributed by atoms with Crippen molar-refractivity contribution in [2.75, 3.05) is 11.5 Å². The number of Topliss-reactive ketones (excluding diaryl/α,β-unsaturated/α-hetero) is 1. The van der Waals surface area contributed by atoms with Gasteiger partial charge in [0.25, 0.3) is 11.7 Å². The SMILES string of the molecule is CCOc1ccc(/C(O)=C2/C(=O)C(=O)N(c3cc(C)cc(C)c3)C2c2ccncc2)cc1C(C)C. The number of pyridine rings is 1. The Morgan fingerprint density at radius 2 is 1.69 bits per heavy atom. The minimum Gasteiger partial charge on any atom is -0.507 e. The molecular formula is C29H30N2O4. The summed E-state index contributed by atoms with van der Waals surface area (Å²) in [5.41, 5.74) is 4.69. The van der Waals surface area contributed by atoms with Crippen molar-refractivity contribution in [2.24, 2.45) is 0 Å². The average Bonchev–Trinajstić information content (AvgIpc) is 3.09. The number of ketones is 1. The lowest BCUT2D eigenvalue weighted by Crippen LogP contribution is -2.29. The number of aliphatic hydroxyl groups is 1. The molecule has 1 aliphatic rings. The molecule has 4 rings (SSSR count). The number of amides is 1. The maximum Gasteiger partial charge on any atom is 0.300 e. The molecule has 1 aliphatic heterocycles. The van der Waals surface area contributed by atoms with Crippen LogP contribution in [0.15, 0.2) is 66.5 Å². The molecule has 2 heterocycles. The van der Waals surface area contributed by atoms with Crippen LogP contribution in [0.4, 0.5) is 5.69 Å². The first-order valence-electron chi connectivity index (χ1n) is 11.8. The lowest BCUT2D eigenvalue weighted by Gasteiger charge is -2.26. The van der Waals surface area contributed by atoms with Gasteiger partial charge in [-0.15, -0.1) is 0 Å². The Balaban J connectivity index is 1.94. The molecule has 6 nitrogen and oxygen atoms in total. The second-order valence-corrected chi connectivity index (χ2v) is 9.14. The quantitative estimate of drug-likeness (QED) is 0.278. The standard InChI is InChI=1S/C29H30N2O4/c1-6-35-24-8-7-21(16-23(24)17(2)3)27(32)25-26(20-9-11-30-12-10-20)31(29(34)28(25)33)22-14-18(4)13-19(5)15-22/h7-17,26,32H,6H2,1-5H3/b27-25-. The average molecular weight is 471 g/mol. The van der Waals surface area contributed by atoms with Gasteiger partial charge in [0, 0.05) is 23.6 Å². The van der Waals surface area contributed by atoms with Crippen LogP contribution in [0, 0.1) is 13.8 Å². The van der Waals surface area contributed by atoms with Crippen molar-refractivity contribution < 1.29 is 19.4 Å². The molecule has 2 aromatic carbocycles. The van der Waals surface area contributed by atoms with E-state index in [0.29, 0.717) is 23.4 Å². The Morgan fingerprint density at radius 1 is 1.03 bits per heavy atom. The highest BCUT2D eigenvalue weighted by Crippen LogP contribution is 2.43. The van der Waals surface area contributed by atoms with Crippen LogP contribution in [0.3, 0.4) is 0 Å². The first kappa shape index (κ1) is 24.2. The molecule has 35 heavy (non-hydrogen) atoms. The van der Waals surface area contributed by atoms with Crippen molar-refractivity contribution in [3.05, 3.63) is 94.3 Å². The molecule has 6 heteroatoms. The largest absolute Gasteiger partial charge is 0.507 e. The fourth-order valence-corrected chi connectivity index (χ4v) is 4.64. The molecule has 1 fully saturated rings. The summed E-state index contributed by atoms with van der Waals surface area (Å²) in [4.78, 5) is 32.3. The van der Waals surface area contributed by atoms with E-state index in [0.717, 1.165) is 22.4 Å². The maximum absolute atomic E-state index is 13.4. The van der Waals surface area contributed by atoms with Crippen LogP contribution in [-0.4, -0.2) is 28.4 Å². The van der Waals surface area contributed by atoms with Gasteiger partial charge in [-0.1, -0.05) is 19.9 Å². The van der Waals surface area contributed by atoms with E-state index in [2.05, 4.69) is 4.98 Å². The van der Waals surface area contributed by atoms with Gasteiger partial charge in [0.1, 0.15) is 11.5 Å². The number of benzene rings is 2. The van der Waals surface area contributed by atoms with Crippen molar-refractivity contribution in [2.45, 2.75) is 46.6 Å². The Hall–Kier alpha value is -3.93. The summed E-state index contributed by atoms with van der Waals surface area (Å²) >= 11 is 0. The zero-order valence-electron chi connectivity index (χ0n) is 20.7. The zero-order valence-corrected chi connectivity index (χ0v) is 20.7. The molecule has 1 atom stereocenters. The molecule has 1 aromatic heterocycles. The number of hydrogen-bond donors (Lipinski definition) is 1. The van der Waals surface area contributed by atoms with Gasteiger partial charge < -0.3 is 9.84 Å². The summed E-state index contributed by atoms with van der Waals surface area (Å²) in [6.45, 7) is 10.4. The van der Waals surface area contributed by atoms with Crippen LogP contribution in [0.1, 0.15) is 60.5 Å². The van der Waals surface area contributed by atoms with Crippen LogP contribution in [0.5, 0.6) is 5.75 Å². The summed E-state index contributed by atoms with van der Waals surface area (Å²) in [6, 6.07) is 13.9. The molecule has 1 unspecified atom stereocenters. The summed E-state index contributed by atoms with van der Waals surface area (Å²) in [6.07, 6.45) is 3.23. The number of rotatable bonds is 6. The lowest BCUT2D eigenvalue weighted by molar-refractivity contribution is -0.132. The van der Waals surface area contributed by atoms with Gasteiger partial charge in [0.05, 0.1) is 18.2 Å². The van der Waals surface area contributed by atoms with Crippen LogP contribution < -0.4 is 9.64 Å². The second-order valence-electron chi connectivity index (χ2n) is 9.14. The highest BCUT2D eigenvalue weighted by atomic mass is 16.5. The van der Waals surface area contributed by atoms with E-state index in [1.165, 1.54) is 4.90 Å². The molecule has 1 saturated heterocycles. The number of nitrogens with zero attached hydrogens (tertiary/aromatic N) is 2. The molecule has 180 valence electrons. The van der Waals surface area contributed by atoms with Crippen LogP contribution >= 0.6 is 0 Å². The first-order chi connectivity index (χ1) is 16.7. The Morgan fingerprint density at radius 3 is 2.29 bits per heavy atom. The third kappa shape index (κ3) is 4.56. The molecular weight excluding hydrogens is 440 g/mol. The van der Waals surface area contributed by atoms with Gasteiger partial charge in [-0.25, -0.2) is 0 Å². The molecule has 0 aliphatic carbocycles. The van der Waals surface area contributed by atoms with Crippen LogP contribution in [-0.2, 0) is 9.59 Å². The third-order valence-electron chi connectivity index (χ3n) is 6.16. The highest BCUT2D eigenvalue weighted by Gasteiger charge is 2.47. The molecule has 3 aromatic rings. The molecule has 0 bridgehead atoms. The number of ether oxygens (including phenoxy) is 1. The van der Waals surface area contributed by atoms with Gasteiger partial charge in [0.2, 0.25) is 0 Å². The van der Waals surface area contributed by atoms with Gasteiger partial charge in [-0.2, -0.15) is 0 Å². The van der Waals surface area contributed by atoms with Crippen molar-refractivity contribution >= 4 is 23.1 Å². The van der Waals surface area contributed by atoms with E-state index in [4.69, 9.17) is 4.74 Å². The van der Waals surface area contributed by atoms with Crippen molar-refractivity contribution in [1.29, 1.82) is 0 Å². The van der Waals surface area contributed by atoms with E-state index >= 15 is 0 Å². The number of carbonyl (C=O) groups is 2. The number of anilines is 1. The Labute approximate surface area is 205 Å². The zero-order chi connectivity index (χ0) is 25.3. The van der Waals surface area contributed by atoms with E-state index in [9.17, 15) is 14.7 Å². The van der Waals surface area contributed by atoms with Gasteiger partial charge >= 0.3 is 0 Å². The van der Waals surface area contributed by atoms with Crippen molar-refractivity contribution in [3.63, 3.8) is 0 Å². The monoisotopic (exact) mass is 470 g/mol. The normalized spacial score (nSPS) is 17.3. The van der Waals surface area contributed by atoms with Gasteiger partial charge in [0.15, 0.2) is 0 Å². The van der Waals surface area contributed by atoms with Gasteiger partial charge in [-0.3, -0.25) is 19.5 Å². The van der Waals surface area contributed by atoms with E-state index in [-0.39, 0.29) is 17.3 Å². The fourth-order valence-electron chi connectivity index (χ4n) is 4.64. The number of aliphatic hydroxyl groups excluding tert-OH is 1. The third-order valence-corrected chi connectivity index (χ3v) is 6.16. The minimum atomic E-state index is -0.784. The molecule has 1 N–H and O–H groups in total. The predicted octanol–water partition coefficient (Wildman–Crippen LogP) is 5.85. The molecule has 0 spiro atoms.